The summed E-state index contributed by atoms with van der Waals surface area (Å²) in [5.74, 6) is 0. The first-order chi connectivity index (χ1) is 6.97. The van der Waals surface area contributed by atoms with Crippen LogP contribution in [0.2, 0.25) is 0 Å². The molecule has 0 aromatic carbocycles. The molecule has 3 nitrogen and oxygen atoms in total. The molecule has 0 fully saturated rings. The van der Waals surface area contributed by atoms with E-state index in [-0.39, 0.29) is 13.2 Å². The Labute approximate surface area is 89.3 Å². The molecule has 0 amide bonds. The minimum Gasteiger partial charge on any atom is -0.310 e. The van der Waals surface area contributed by atoms with Gasteiger partial charge in [-0.3, -0.25) is 4.74 Å². The second kappa shape index (κ2) is 5.43. The molecular formula is C8H11F3N2OS. The topological polar surface area (TPSA) is 34.2 Å². The van der Waals surface area contributed by atoms with Gasteiger partial charge >= 0.3 is 6.36 Å². The van der Waals surface area contributed by atoms with Crippen LogP contribution in [0.3, 0.4) is 0 Å². The molecule has 7 heteroatoms. The standard InChI is InChI=1S/C8H11F3N2OS/c1-6-13-5-7(15-6)4-12-2-3-14-8(9,10)11/h5,12H,2-4H2,1H3. The molecule has 0 saturated heterocycles. The molecule has 0 unspecified atom stereocenters. The van der Waals surface area contributed by atoms with E-state index in [1.807, 2.05) is 6.92 Å². The average Bonchev–Trinajstić information content (AvgIpc) is 2.49. The summed E-state index contributed by atoms with van der Waals surface area (Å²) in [6.07, 6.45) is -2.83. The van der Waals surface area contributed by atoms with Gasteiger partial charge in [-0.15, -0.1) is 24.5 Å². The first-order valence-corrected chi connectivity index (χ1v) is 5.12. The molecule has 1 aromatic heterocycles. The van der Waals surface area contributed by atoms with Crippen molar-refractivity contribution in [1.82, 2.24) is 10.3 Å². The summed E-state index contributed by atoms with van der Waals surface area (Å²) in [4.78, 5) is 5.02. The monoisotopic (exact) mass is 240 g/mol. The summed E-state index contributed by atoms with van der Waals surface area (Å²) < 4.78 is 38.3. The van der Waals surface area contributed by atoms with E-state index in [1.54, 1.807) is 6.20 Å². The number of alkyl halides is 3. The number of ether oxygens (including phenoxy) is 1. The van der Waals surface area contributed by atoms with Gasteiger partial charge in [0.05, 0.1) is 11.6 Å². The Morgan fingerprint density at radius 3 is 2.80 bits per heavy atom. The zero-order valence-electron chi connectivity index (χ0n) is 8.10. The predicted octanol–water partition coefficient (Wildman–Crippen LogP) is 2.08. The summed E-state index contributed by atoms with van der Waals surface area (Å²) in [6.45, 7) is 2.19. The second-order valence-corrected chi connectivity index (χ2v) is 4.14. The highest BCUT2D eigenvalue weighted by Gasteiger charge is 2.28. The van der Waals surface area contributed by atoms with Gasteiger partial charge in [-0.2, -0.15) is 0 Å². The van der Waals surface area contributed by atoms with Gasteiger partial charge in [-0.25, -0.2) is 4.98 Å². The first-order valence-electron chi connectivity index (χ1n) is 4.30. The zero-order chi connectivity index (χ0) is 11.3. The van der Waals surface area contributed by atoms with E-state index in [0.29, 0.717) is 6.54 Å². The minimum absolute atomic E-state index is 0.163. The highest BCUT2D eigenvalue weighted by atomic mass is 32.1. The van der Waals surface area contributed by atoms with Crippen LogP contribution < -0.4 is 5.32 Å². The molecule has 0 atom stereocenters. The smallest absolute Gasteiger partial charge is 0.310 e. The van der Waals surface area contributed by atoms with Crippen LogP contribution in [-0.2, 0) is 11.3 Å². The van der Waals surface area contributed by atoms with Crippen LogP contribution in [0.5, 0.6) is 0 Å². The number of aromatic nitrogens is 1. The molecule has 0 aliphatic rings. The van der Waals surface area contributed by atoms with Crippen molar-refractivity contribution in [2.75, 3.05) is 13.2 Å². The van der Waals surface area contributed by atoms with E-state index in [4.69, 9.17) is 0 Å². The Morgan fingerprint density at radius 2 is 2.27 bits per heavy atom. The number of nitrogens with one attached hydrogen (secondary N) is 1. The lowest BCUT2D eigenvalue weighted by atomic mass is 10.5. The van der Waals surface area contributed by atoms with E-state index >= 15 is 0 Å². The molecule has 1 rings (SSSR count). The molecule has 86 valence electrons. The number of aryl methyl sites for hydroxylation is 1. The molecular weight excluding hydrogens is 229 g/mol. The van der Waals surface area contributed by atoms with Gasteiger partial charge < -0.3 is 5.32 Å². The summed E-state index contributed by atoms with van der Waals surface area (Å²) >= 11 is 1.51. The van der Waals surface area contributed by atoms with Gasteiger partial charge in [0.1, 0.15) is 0 Å². The van der Waals surface area contributed by atoms with Gasteiger partial charge in [-0.1, -0.05) is 0 Å². The van der Waals surface area contributed by atoms with Crippen LogP contribution in [0.4, 0.5) is 13.2 Å². The van der Waals surface area contributed by atoms with Crippen LogP contribution in [0, 0.1) is 6.92 Å². The SMILES string of the molecule is Cc1ncc(CNCCOC(F)(F)F)s1. The fourth-order valence-corrected chi connectivity index (χ4v) is 1.70. The minimum atomic E-state index is -4.54. The van der Waals surface area contributed by atoms with Crippen molar-refractivity contribution in [2.24, 2.45) is 0 Å². The van der Waals surface area contributed by atoms with E-state index in [1.165, 1.54) is 11.3 Å². The molecule has 0 spiro atoms. The molecule has 0 aliphatic carbocycles. The molecule has 1 heterocycles. The van der Waals surface area contributed by atoms with Crippen molar-refractivity contribution < 1.29 is 17.9 Å². The number of nitrogens with zero attached hydrogens (tertiary/aromatic N) is 1. The van der Waals surface area contributed by atoms with E-state index in [2.05, 4.69) is 15.0 Å². The third-order valence-corrected chi connectivity index (χ3v) is 2.43. The van der Waals surface area contributed by atoms with Crippen molar-refractivity contribution in [2.45, 2.75) is 19.8 Å². The Kier molecular flexibility index (Phi) is 4.49. The highest BCUT2D eigenvalue weighted by molar-refractivity contribution is 7.11. The van der Waals surface area contributed by atoms with Crippen molar-refractivity contribution >= 4 is 11.3 Å². The fraction of sp³-hybridized carbons (Fsp3) is 0.625. The zero-order valence-corrected chi connectivity index (χ0v) is 8.91. The molecule has 0 aliphatic heterocycles. The largest absolute Gasteiger partial charge is 0.522 e. The normalized spacial score (nSPS) is 12.0. The summed E-state index contributed by atoms with van der Waals surface area (Å²) in [7, 11) is 0. The molecule has 0 bridgehead atoms. The number of rotatable bonds is 5. The van der Waals surface area contributed by atoms with Crippen molar-refractivity contribution in [3.63, 3.8) is 0 Å². The Hall–Kier alpha value is -0.660. The Bertz CT molecular complexity index is 300. The Morgan fingerprint density at radius 1 is 1.53 bits per heavy atom. The fourth-order valence-electron chi connectivity index (χ4n) is 0.938. The lowest BCUT2D eigenvalue weighted by Crippen LogP contribution is -2.23. The van der Waals surface area contributed by atoms with E-state index in [0.717, 1.165) is 9.88 Å². The van der Waals surface area contributed by atoms with Crippen LogP contribution in [0.1, 0.15) is 9.88 Å². The molecule has 0 radical (unpaired) electrons. The van der Waals surface area contributed by atoms with Crippen molar-refractivity contribution in [1.29, 1.82) is 0 Å². The summed E-state index contributed by atoms with van der Waals surface area (Å²) in [5.41, 5.74) is 0. The number of hydrogen-bond donors (Lipinski definition) is 1. The third kappa shape index (κ3) is 5.71. The van der Waals surface area contributed by atoms with Crippen LogP contribution >= 0.6 is 11.3 Å². The van der Waals surface area contributed by atoms with Gasteiger partial charge in [0, 0.05) is 24.2 Å². The van der Waals surface area contributed by atoms with E-state index < -0.39 is 6.36 Å². The molecule has 15 heavy (non-hydrogen) atoms. The molecule has 1 N–H and O–H groups in total. The van der Waals surface area contributed by atoms with Crippen molar-refractivity contribution in [3.8, 4) is 0 Å². The Balaban J connectivity index is 2.07. The average molecular weight is 240 g/mol. The summed E-state index contributed by atoms with van der Waals surface area (Å²) in [5, 5.41) is 3.78. The third-order valence-electron chi connectivity index (χ3n) is 1.51. The van der Waals surface area contributed by atoms with Gasteiger partial charge in [-0.05, 0) is 6.92 Å². The maximum absolute atomic E-state index is 11.6. The van der Waals surface area contributed by atoms with Crippen molar-refractivity contribution in [3.05, 3.63) is 16.1 Å². The maximum atomic E-state index is 11.6. The quantitative estimate of drug-likeness (QED) is 0.800. The molecule has 0 saturated carbocycles. The van der Waals surface area contributed by atoms with Crippen LogP contribution in [0.25, 0.3) is 0 Å². The number of thiazole rings is 1. The van der Waals surface area contributed by atoms with Gasteiger partial charge in [0.2, 0.25) is 0 Å². The van der Waals surface area contributed by atoms with Crippen LogP contribution in [-0.4, -0.2) is 24.5 Å². The van der Waals surface area contributed by atoms with Gasteiger partial charge in [0.25, 0.3) is 0 Å². The second-order valence-electron chi connectivity index (χ2n) is 2.82. The van der Waals surface area contributed by atoms with Gasteiger partial charge in [0.15, 0.2) is 0 Å². The van der Waals surface area contributed by atoms with E-state index in [9.17, 15) is 13.2 Å². The van der Waals surface area contributed by atoms with Crippen LogP contribution in [0.15, 0.2) is 6.20 Å². The summed E-state index contributed by atoms with van der Waals surface area (Å²) in [6, 6.07) is 0. The predicted molar refractivity (Wildman–Crippen MR) is 50.6 cm³/mol. The molecule has 1 aromatic rings. The lowest BCUT2D eigenvalue weighted by molar-refractivity contribution is -0.323. The first kappa shape index (κ1) is 12.4. The number of hydrogen-bond acceptors (Lipinski definition) is 4. The lowest BCUT2D eigenvalue weighted by Gasteiger charge is -2.07. The highest BCUT2D eigenvalue weighted by Crippen LogP contribution is 2.15. The number of halogens is 3. The maximum Gasteiger partial charge on any atom is 0.522 e.